The summed E-state index contributed by atoms with van der Waals surface area (Å²) in [5, 5.41) is 17.2. The molecule has 3 unspecified atom stereocenters. The SMILES string of the molecule is Cc1nonc1CC1(C(=O)O)CC2CCC1C2. The molecule has 5 nitrogen and oxygen atoms in total. The highest BCUT2D eigenvalue weighted by Crippen LogP contribution is 2.57. The van der Waals surface area contributed by atoms with Crippen LogP contribution < -0.4 is 0 Å². The fourth-order valence-corrected chi connectivity index (χ4v) is 3.71. The van der Waals surface area contributed by atoms with Gasteiger partial charge < -0.3 is 5.11 Å². The molecule has 2 fully saturated rings. The van der Waals surface area contributed by atoms with E-state index in [1.165, 1.54) is 6.42 Å². The molecule has 1 N–H and O–H groups in total. The number of carboxylic acids is 1. The van der Waals surface area contributed by atoms with Crippen molar-refractivity contribution in [2.24, 2.45) is 17.3 Å². The normalized spacial score (nSPS) is 35.4. The van der Waals surface area contributed by atoms with E-state index in [0.717, 1.165) is 19.3 Å². The highest BCUT2D eigenvalue weighted by molar-refractivity contribution is 5.76. The molecule has 2 aliphatic carbocycles. The molecule has 1 heterocycles. The van der Waals surface area contributed by atoms with Gasteiger partial charge in [-0.1, -0.05) is 16.7 Å². The largest absolute Gasteiger partial charge is 0.481 e. The van der Waals surface area contributed by atoms with E-state index in [0.29, 0.717) is 29.6 Å². The number of rotatable bonds is 3. The molecular weight excluding hydrogens is 220 g/mol. The summed E-state index contributed by atoms with van der Waals surface area (Å²) in [5.41, 5.74) is 0.806. The Kier molecular flexibility index (Phi) is 2.24. The molecule has 17 heavy (non-hydrogen) atoms. The predicted octanol–water partition coefficient (Wildman–Crippen LogP) is 1.81. The van der Waals surface area contributed by atoms with Gasteiger partial charge in [0.25, 0.3) is 0 Å². The average molecular weight is 236 g/mol. The van der Waals surface area contributed by atoms with Crippen molar-refractivity contribution in [1.29, 1.82) is 0 Å². The van der Waals surface area contributed by atoms with Crippen molar-refractivity contribution in [2.75, 3.05) is 0 Å². The highest BCUT2D eigenvalue weighted by atomic mass is 16.6. The van der Waals surface area contributed by atoms with Gasteiger partial charge >= 0.3 is 5.97 Å². The van der Waals surface area contributed by atoms with Crippen LogP contribution in [-0.4, -0.2) is 21.4 Å². The minimum atomic E-state index is -0.674. The molecule has 92 valence electrons. The van der Waals surface area contributed by atoms with Gasteiger partial charge in [-0.15, -0.1) is 0 Å². The lowest BCUT2D eigenvalue weighted by molar-refractivity contribution is -0.152. The van der Waals surface area contributed by atoms with Crippen LogP contribution in [0.15, 0.2) is 4.63 Å². The van der Waals surface area contributed by atoms with Gasteiger partial charge in [0.05, 0.1) is 5.41 Å². The average Bonchev–Trinajstić information content (AvgIpc) is 2.96. The molecule has 1 aromatic rings. The zero-order valence-corrected chi connectivity index (χ0v) is 9.85. The zero-order valence-electron chi connectivity index (χ0n) is 9.85. The lowest BCUT2D eigenvalue weighted by Gasteiger charge is -2.32. The number of hydrogen-bond acceptors (Lipinski definition) is 4. The first-order chi connectivity index (χ1) is 8.12. The summed E-state index contributed by atoms with van der Waals surface area (Å²) in [6.45, 7) is 1.81. The number of fused-ring (bicyclic) bond motifs is 2. The number of hydrogen-bond donors (Lipinski definition) is 1. The first-order valence-corrected chi connectivity index (χ1v) is 6.13. The smallest absolute Gasteiger partial charge is 0.310 e. The lowest BCUT2D eigenvalue weighted by atomic mass is 9.70. The molecule has 3 atom stereocenters. The molecule has 0 amide bonds. The van der Waals surface area contributed by atoms with Gasteiger partial charge in [-0.3, -0.25) is 4.79 Å². The van der Waals surface area contributed by atoms with E-state index in [1.54, 1.807) is 0 Å². The third-order valence-electron chi connectivity index (χ3n) is 4.63. The number of nitrogens with zero attached hydrogens (tertiary/aromatic N) is 2. The number of aliphatic carboxylic acids is 1. The third kappa shape index (κ3) is 1.48. The van der Waals surface area contributed by atoms with E-state index in [-0.39, 0.29) is 0 Å². The fraction of sp³-hybridized carbons (Fsp3) is 0.750. The topological polar surface area (TPSA) is 76.2 Å². The standard InChI is InChI=1S/C12H16N2O3/c1-7-10(14-17-13-7)6-12(11(15)16)5-8-2-3-9(12)4-8/h8-9H,2-6H2,1H3,(H,15,16). The molecule has 2 saturated carbocycles. The van der Waals surface area contributed by atoms with Crippen LogP contribution in [0.25, 0.3) is 0 Å². The van der Waals surface area contributed by atoms with Gasteiger partial charge in [-0.05, 0) is 38.0 Å². The molecule has 5 heteroatoms. The maximum atomic E-state index is 11.7. The van der Waals surface area contributed by atoms with Crippen LogP contribution in [-0.2, 0) is 11.2 Å². The van der Waals surface area contributed by atoms with Crippen LogP contribution in [0.5, 0.6) is 0 Å². The van der Waals surface area contributed by atoms with E-state index in [2.05, 4.69) is 14.9 Å². The van der Waals surface area contributed by atoms with E-state index in [4.69, 9.17) is 0 Å². The second-order valence-corrected chi connectivity index (χ2v) is 5.51. The predicted molar refractivity (Wildman–Crippen MR) is 58.3 cm³/mol. The molecule has 0 saturated heterocycles. The molecule has 3 rings (SSSR count). The summed E-state index contributed by atoms with van der Waals surface area (Å²) in [5.74, 6) is 0.226. The molecule has 2 aliphatic rings. The first kappa shape index (κ1) is 10.7. The van der Waals surface area contributed by atoms with E-state index in [9.17, 15) is 9.90 Å². The molecule has 0 radical (unpaired) electrons. The summed E-state index contributed by atoms with van der Waals surface area (Å²) < 4.78 is 4.67. The van der Waals surface area contributed by atoms with Crippen LogP contribution in [0, 0.1) is 24.2 Å². The van der Waals surface area contributed by atoms with Crippen molar-refractivity contribution in [3.8, 4) is 0 Å². The van der Waals surface area contributed by atoms with Crippen molar-refractivity contribution in [3.63, 3.8) is 0 Å². The molecule has 0 aromatic carbocycles. The second-order valence-electron chi connectivity index (χ2n) is 5.51. The minimum Gasteiger partial charge on any atom is -0.481 e. The third-order valence-corrected chi connectivity index (χ3v) is 4.63. The fourth-order valence-electron chi connectivity index (χ4n) is 3.71. The summed E-state index contributed by atoms with van der Waals surface area (Å²) in [6, 6.07) is 0. The van der Waals surface area contributed by atoms with Gasteiger partial charge in [-0.25, -0.2) is 4.63 Å². The van der Waals surface area contributed by atoms with Gasteiger partial charge in [0.2, 0.25) is 0 Å². The van der Waals surface area contributed by atoms with E-state index in [1.807, 2.05) is 6.92 Å². The van der Waals surface area contributed by atoms with Crippen LogP contribution in [0.4, 0.5) is 0 Å². The van der Waals surface area contributed by atoms with Gasteiger partial charge in [0.1, 0.15) is 11.4 Å². The first-order valence-electron chi connectivity index (χ1n) is 6.13. The molecule has 0 aliphatic heterocycles. The van der Waals surface area contributed by atoms with E-state index >= 15 is 0 Å². The number of aromatic nitrogens is 2. The highest BCUT2D eigenvalue weighted by Gasteiger charge is 2.56. The Hall–Kier alpha value is -1.39. The maximum absolute atomic E-state index is 11.7. The Balaban J connectivity index is 1.92. The Morgan fingerprint density at radius 3 is 2.82 bits per heavy atom. The summed E-state index contributed by atoms with van der Waals surface area (Å²) in [6.07, 6.45) is 4.56. The summed E-state index contributed by atoms with van der Waals surface area (Å²) >= 11 is 0. The maximum Gasteiger partial charge on any atom is 0.310 e. The molecule has 2 bridgehead atoms. The van der Waals surface area contributed by atoms with Crippen molar-refractivity contribution in [1.82, 2.24) is 10.3 Å². The Labute approximate surface area is 99.2 Å². The molecular formula is C12H16N2O3. The summed E-state index contributed by atoms with van der Waals surface area (Å²) in [4.78, 5) is 11.7. The quantitative estimate of drug-likeness (QED) is 0.866. The van der Waals surface area contributed by atoms with Gasteiger partial charge in [0, 0.05) is 6.42 Å². The minimum absolute atomic E-state index is 0.307. The van der Waals surface area contributed by atoms with Crippen molar-refractivity contribution >= 4 is 5.97 Å². The second kappa shape index (κ2) is 3.55. The van der Waals surface area contributed by atoms with Crippen LogP contribution in [0.3, 0.4) is 0 Å². The van der Waals surface area contributed by atoms with Crippen LogP contribution in [0.2, 0.25) is 0 Å². The monoisotopic (exact) mass is 236 g/mol. The number of carboxylic acid groups (broad SMARTS) is 1. The van der Waals surface area contributed by atoms with Crippen LogP contribution in [0.1, 0.15) is 37.1 Å². The molecule has 1 aromatic heterocycles. The van der Waals surface area contributed by atoms with Crippen LogP contribution >= 0.6 is 0 Å². The van der Waals surface area contributed by atoms with Crippen molar-refractivity contribution in [2.45, 2.75) is 39.0 Å². The Bertz CT molecular complexity index is 456. The van der Waals surface area contributed by atoms with Gasteiger partial charge in [0.15, 0.2) is 0 Å². The van der Waals surface area contributed by atoms with Crippen molar-refractivity contribution < 1.29 is 14.5 Å². The Morgan fingerprint density at radius 1 is 1.53 bits per heavy atom. The zero-order chi connectivity index (χ0) is 12.0. The van der Waals surface area contributed by atoms with Crippen molar-refractivity contribution in [3.05, 3.63) is 11.4 Å². The summed E-state index contributed by atoms with van der Waals surface area (Å²) in [7, 11) is 0. The Morgan fingerprint density at radius 2 is 2.35 bits per heavy atom. The number of aryl methyl sites for hydroxylation is 1. The lowest BCUT2D eigenvalue weighted by Crippen LogP contribution is -2.38. The molecule has 0 spiro atoms. The van der Waals surface area contributed by atoms with Gasteiger partial charge in [-0.2, -0.15) is 0 Å². The van der Waals surface area contributed by atoms with E-state index < -0.39 is 11.4 Å². The number of carbonyl (C=O) groups is 1.